The number of nitrogens with one attached hydrogen (secondary N) is 1. The van der Waals surface area contributed by atoms with Crippen molar-refractivity contribution in [3.05, 3.63) is 78.3 Å². The van der Waals surface area contributed by atoms with Gasteiger partial charge in [-0.1, -0.05) is 87.4 Å². The first-order valence-corrected chi connectivity index (χ1v) is 15.9. The first-order valence-electron chi connectivity index (χ1n) is 8.92. The van der Waals surface area contributed by atoms with Crippen LogP contribution in [0.4, 0.5) is 0 Å². The number of halogens is 1. The van der Waals surface area contributed by atoms with Crippen LogP contribution in [-0.2, 0) is 16.3 Å². The quantitative estimate of drug-likeness (QED) is 0.308. The molecular weight excluding hydrogens is 412 g/mol. The summed E-state index contributed by atoms with van der Waals surface area (Å²) in [6.07, 6.45) is 4.94. The maximum absolute atomic E-state index is 3.06. The van der Waals surface area contributed by atoms with Gasteiger partial charge in [-0.3, -0.25) is 0 Å². The maximum atomic E-state index is 3.06. The van der Waals surface area contributed by atoms with E-state index in [1.807, 2.05) is 0 Å². The third-order valence-corrected chi connectivity index (χ3v) is 4.14. The fourth-order valence-electron chi connectivity index (χ4n) is 3.06. The predicted octanol–water partition coefficient (Wildman–Crippen LogP) is 5.27. The molecule has 0 aliphatic carbocycles. The molecule has 2 aromatic carbocycles. The average Bonchev–Trinajstić information content (AvgIpc) is 2.66. The van der Waals surface area contributed by atoms with Crippen molar-refractivity contribution in [1.29, 1.82) is 0 Å². The zero-order valence-corrected chi connectivity index (χ0v) is 19.6. The summed E-state index contributed by atoms with van der Waals surface area (Å²) in [5, 5.41) is 0. The van der Waals surface area contributed by atoms with E-state index in [4.69, 9.17) is 0 Å². The van der Waals surface area contributed by atoms with Crippen LogP contribution >= 0.6 is 13.6 Å². The van der Waals surface area contributed by atoms with Gasteiger partial charge in [0.1, 0.15) is 6.04 Å². The molecule has 0 radical (unpaired) electrons. The van der Waals surface area contributed by atoms with Gasteiger partial charge < -0.3 is 4.90 Å². The van der Waals surface area contributed by atoms with Crippen molar-refractivity contribution >= 4 is 13.6 Å². The summed E-state index contributed by atoms with van der Waals surface area (Å²) < 4.78 is 0. The molecule has 2 rings (SSSR count). The summed E-state index contributed by atoms with van der Waals surface area (Å²) >= 11 is 4.25. The predicted molar refractivity (Wildman–Crippen MR) is 104 cm³/mol. The van der Waals surface area contributed by atoms with Gasteiger partial charge in [0.25, 0.3) is 0 Å². The number of unbranched alkanes of at least 4 members (excludes halogenated alkanes) is 2. The van der Waals surface area contributed by atoms with Crippen LogP contribution in [0.1, 0.15) is 56.7 Å². The van der Waals surface area contributed by atoms with Gasteiger partial charge in [0, 0.05) is 11.1 Å². The van der Waals surface area contributed by atoms with Crippen molar-refractivity contribution in [2.24, 2.45) is 0 Å². The van der Waals surface area contributed by atoms with Crippen molar-refractivity contribution in [3.8, 4) is 0 Å². The molecule has 0 heterocycles. The third-order valence-electron chi connectivity index (χ3n) is 4.14. The number of hydrogen-bond donors (Lipinski definition) is 1. The molecule has 3 heteroatoms. The SMILES string of the molecule is CCCC[CH-][NH+](CCC)C(c1ccccc1)c1ccccc1.[Zn+][Br]. The van der Waals surface area contributed by atoms with Crippen molar-refractivity contribution in [2.45, 2.75) is 45.6 Å². The van der Waals surface area contributed by atoms with Crippen molar-refractivity contribution < 1.29 is 21.2 Å². The number of quaternary nitrogens is 1. The molecule has 0 saturated carbocycles. The minimum absolute atomic E-state index is 0.402. The molecule has 0 aliphatic rings. The van der Waals surface area contributed by atoms with E-state index in [9.17, 15) is 0 Å². The topological polar surface area (TPSA) is 4.44 Å². The summed E-state index contributed by atoms with van der Waals surface area (Å²) in [6.45, 7) is 8.22. The number of rotatable bonds is 9. The first-order chi connectivity index (χ1) is 11.9. The summed E-state index contributed by atoms with van der Waals surface area (Å²) in [7, 11) is 0. The molecule has 1 unspecified atom stereocenters. The van der Waals surface area contributed by atoms with E-state index in [2.05, 4.69) is 94.7 Å². The average molecular weight is 441 g/mol. The van der Waals surface area contributed by atoms with E-state index in [1.165, 1.54) is 59.7 Å². The van der Waals surface area contributed by atoms with Crippen molar-refractivity contribution in [3.63, 3.8) is 0 Å². The van der Waals surface area contributed by atoms with Crippen LogP contribution in [-0.4, -0.2) is 6.54 Å². The van der Waals surface area contributed by atoms with E-state index in [0.29, 0.717) is 6.04 Å². The van der Waals surface area contributed by atoms with Crippen molar-refractivity contribution in [1.82, 2.24) is 0 Å². The zero-order valence-electron chi connectivity index (χ0n) is 15.0. The summed E-state index contributed by atoms with van der Waals surface area (Å²) in [4.78, 5) is 1.58. The monoisotopic (exact) mass is 438 g/mol. The Labute approximate surface area is 164 Å². The molecule has 1 atom stereocenters. The van der Waals surface area contributed by atoms with Gasteiger partial charge >= 0.3 is 30.0 Å². The van der Waals surface area contributed by atoms with Gasteiger partial charge in [0.15, 0.2) is 0 Å². The zero-order chi connectivity index (χ0) is 17.6. The van der Waals surface area contributed by atoms with Gasteiger partial charge in [-0.05, 0) is 6.42 Å². The Balaban J connectivity index is 0.00000139. The summed E-state index contributed by atoms with van der Waals surface area (Å²) in [5.41, 5.74) is 2.81. The fraction of sp³-hybridized carbons (Fsp3) is 0.381. The molecule has 0 saturated heterocycles. The van der Waals surface area contributed by atoms with Gasteiger partial charge in [-0.2, -0.15) is 0 Å². The molecule has 24 heavy (non-hydrogen) atoms. The van der Waals surface area contributed by atoms with Crippen LogP contribution in [0.25, 0.3) is 0 Å². The second-order valence-corrected chi connectivity index (χ2v) is 5.93. The van der Waals surface area contributed by atoms with E-state index < -0.39 is 0 Å². The van der Waals surface area contributed by atoms with E-state index >= 15 is 0 Å². The molecule has 0 aromatic heterocycles. The molecule has 2 aromatic rings. The molecule has 0 bridgehead atoms. The van der Waals surface area contributed by atoms with Crippen LogP contribution in [0.3, 0.4) is 0 Å². The second-order valence-electron chi connectivity index (χ2n) is 5.93. The van der Waals surface area contributed by atoms with E-state index in [0.717, 1.165) is 0 Å². The minimum atomic E-state index is 0.402. The second kappa shape index (κ2) is 13.8. The van der Waals surface area contributed by atoms with Crippen LogP contribution in [0.15, 0.2) is 60.7 Å². The van der Waals surface area contributed by atoms with E-state index in [-0.39, 0.29) is 0 Å². The Bertz CT molecular complexity index is 478. The Morgan fingerprint density at radius 2 is 1.38 bits per heavy atom. The Hall–Kier alpha value is -0.497. The van der Waals surface area contributed by atoms with Gasteiger partial charge in [-0.15, -0.1) is 13.0 Å². The third kappa shape index (κ3) is 7.17. The van der Waals surface area contributed by atoms with Crippen LogP contribution in [0, 0.1) is 6.54 Å². The van der Waals surface area contributed by atoms with Gasteiger partial charge in [0.05, 0.1) is 6.54 Å². The first kappa shape index (κ1) is 21.5. The summed E-state index contributed by atoms with van der Waals surface area (Å²) in [6, 6.07) is 22.3. The van der Waals surface area contributed by atoms with Gasteiger partial charge in [-0.25, -0.2) is 0 Å². The molecule has 1 N–H and O–H groups in total. The Kier molecular flexibility index (Phi) is 12.3. The fourth-order valence-corrected chi connectivity index (χ4v) is 3.06. The summed E-state index contributed by atoms with van der Waals surface area (Å²) in [5.74, 6) is 0. The Morgan fingerprint density at radius 1 is 0.875 bits per heavy atom. The standard InChI is InChI=1S/C21H29N.BrH.Zn/c1-3-5-12-18-22(17-4-2)21(19-13-8-6-9-14-19)20-15-10-7-11-16-20;;/h6-11,13-16,18,21-22H,3-5,12,17H2,1-2H3;1H;/q;;+2/p-1. The molecule has 0 spiro atoms. The molecule has 1 nitrogen and oxygen atoms in total. The molecule has 0 aliphatic heterocycles. The van der Waals surface area contributed by atoms with Crippen LogP contribution in [0.2, 0.25) is 0 Å². The van der Waals surface area contributed by atoms with Gasteiger partial charge in [0.2, 0.25) is 0 Å². The molecule has 0 amide bonds. The molecule has 126 valence electrons. The van der Waals surface area contributed by atoms with Crippen molar-refractivity contribution in [2.75, 3.05) is 6.54 Å². The Morgan fingerprint density at radius 3 is 1.79 bits per heavy atom. The van der Waals surface area contributed by atoms with Crippen LogP contribution in [0.5, 0.6) is 0 Å². The van der Waals surface area contributed by atoms with E-state index in [1.54, 1.807) is 4.90 Å². The number of hydrogen-bond acceptors (Lipinski definition) is 0. The normalized spacial score (nSPS) is 11.8. The number of benzene rings is 2. The molecular formula is C21H29BrNZn+. The molecule has 0 fully saturated rings. The van der Waals surface area contributed by atoms with Crippen LogP contribution < -0.4 is 4.90 Å².